The van der Waals surface area contributed by atoms with Crippen molar-refractivity contribution in [2.24, 2.45) is 5.73 Å². The Hall–Kier alpha value is -1.29. The van der Waals surface area contributed by atoms with Crippen molar-refractivity contribution in [1.82, 2.24) is 0 Å². The second kappa shape index (κ2) is 3.84. The van der Waals surface area contributed by atoms with Crippen LogP contribution in [0.2, 0.25) is 0 Å². The van der Waals surface area contributed by atoms with Gasteiger partial charge in [-0.15, -0.1) is 0 Å². The molecule has 0 aromatic heterocycles. The van der Waals surface area contributed by atoms with E-state index >= 15 is 0 Å². The topological polar surface area (TPSA) is 26.0 Å². The minimum atomic E-state index is -4.29. The van der Waals surface area contributed by atoms with Gasteiger partial charge in [0.2, 0.25) is 0 Å². The Morgan fingerprint density at radius 3 is 2.07 bits per heavy atom. The molecule has 1 nitrogen and oxygen atoms in total. The van der Waals surface area contributed by atoms with Gasteiger partial charge in [0.15, 0.2) is 0 Å². The molecule has 0 amide bonds. The first-order valence-corrected chi connectivity index (χ1v) is 4.00. The highest BCUT2D eigenvalue weighted by Crippen LogP contribution is 2.29. The molecule has 14 heavy (non-hydrogen) atoms. The van der Waals surface area contributed by atoms with Crippen molar-refractivity contribution >= 4 is 5.57 Å². The second-order valence-corrected chi connectivity index (χ2v) is 2.88. The number of alkyl halides is 3. The largest absolute Gasteiger partial charge is 0.416 e. The summed E-state index contributed by atoms with van der Waals surface area (Å²) in [5.74, 6) is 0. The molecule has 0 saturated heterocycles. The normalized spacial score (nSPS) is 11.4. The smallest absolute Gasteiger partial charge is 0.326 e. The summed E-state index contributed by atoms with van der Waals surface area (Å²) < 4.78 is 36.5. The molecule has 2 N–H and O–H groups in total. The third-order valence-corrected chi connectivity index (χ3v) is 1.87. The fourth-order valence-corrected chi connectivity index (χ4v) is 1.01. The zero-order valence-corrected chi connectivity index (χ0v) is 7.43. The summed E-state index contributed by atoms with van der Waals surface area (Å²) in [5, 5.41) is 0. The van der Waals surface area contributed by atoms with Gasteiger partial charge in [0.25, 0.3) is 0 Å². The van der Waals surface area contributed by atoms with E-state index in [0.29, 0.717) is 11.1 Å². The van der Waals surface area contributed by atoms with E-state index in [4.69, 9.17) is 5.73 Å². The molecule has 0 aliphatic carbocycles. The number of rotatable bonds is 2. The van der Waals surface area contributed by atoms with Crippen LogP contribution in [0.15, 0.2) is 30.8 Å². The maximum atomic E-state index is 12.2. The average Bonchev–Trinajstić information content (AvgIpc) is 2.15. The van der Waals surface area contributed by atoms with Crippen LogP contribution in [0, 0.1) is 0 Å². The van der Waals surface area contributed by atoms with Gasteiger partial charge in [-0.1, -0.05) is 18.7 Å². The summed E-state index contributed by atoms with van der Waals surface area (Å²) in [7, 11) is 0. The van der Waals surface area contributed by atoms with Crippen molar-refractivity contribution in [2.75, 3.05) is 6.54 Å². The molecule has 4 heteroatoms. The SMILES string of the molecule is C=C(CN)c1ccc(C(F)(F)F)cc1. The van der Waals surface area contributed by atoms with Crippen molar-refractivity contribution in [2.45, 2.75) is 6.18 Å². The molecule has 0 aliphatic heterocycles. The Morgan fingerprint density at radius 2 is 1.71 bits per heavy atom. The van der Waals surface area contributed by atoms with Crippen molar-refractivity contribution in [3.8, 4) is 0 Å². The Balaban J connectivity index is 2.95. The molecule has 0 bridgehead atoms. The van der Waals surface area contributed by atoms with E-state index in [2.05, 4.69) is 6.58 Å². The maximum absolute atomic E-state index is 12.2. The fraction of sp³-hybridized carbons (Fsp3) is 0.200. The highest BCUT2D eigenvalue weighted by molar-refractivity contribution is 5.64. The molecule has 0 spiro atoms. The molecule has 1 aromatic carbocycles. The van der Waals surface area contributed by atoms with E-state index in [-0.39, 0.29) is 6.54 Å². The molecule has 0 unspecified atom stereocenters. The van der Waals surface area contributed by atoms with E-state index in [1.807, 2.05) is 0 Å². The van der Waals surface area contributed by atoms with E-state index in [0.717, 1.165) is 12.1 Å². The summed E-state index contributed by atoms with van der Waals surface area (Å²) >= 11 is 0. The zero-order chi connectivity index (χ0) is 10.8. The summed E-state index contributed by atoms with van der Waals surface area (Å²) in [6.45, 7) is 3.87. The maximum Gasteiger partial charge on any atom is 0.416 e. The predicted octanol–water partition coefficient (Wildman–Crippen LogP) is 2.68. The number of halogens is 3. The van der Waals surface area contributed by atoms with Gasteiger partial charge in [-0.05, 0) is 23.3 Å². The van der Waals surface area contributed by atoms with Gasteiger partial charge in [-0.2, -0.15) is 13.2 Å². The Bertz CT molecular complexity index is 324. The quantitative estimate of drug-likeness (QED) is 0.782. The minimum absolute atomic E-state index is 0.241. The molecule has 76 valence electrons. The molecule has 0 aliphatic rings. The molecule has 0 atom stereocenters. The van der Waals surface area contributed by atoms with Gasteiger partial charge in [-0.3, -0.25) is 0 Å². The van der Waals surface area contributed by atoms with E-state index in [1.165, 1.54) is 12.1 Å². The highest BCUT2D eigenvalue weighted by Gasteiger charge is 2.29. The Morgan fingerprint density at radius 1 is 1.21 bits per heavy atom. The van der Waals surface area contributed by atoms with Crippen molar-refractivity contribution in [3.05, 3.63) is 42.0 Å². The van der Waals surface area contributed by atoms with Crippen molar-refractivity contribution in [1.29, 1.82) is 0 Å². The predicted molar refractivity (Wildman–Crippen MR) is 49.5 cm³/mol. The van der Waals surface area contributed by atoms with Gasteiger partial charge in [-0.25, -0.2) is 0 Å². The lowest BCUT2D eigenvalue weighted by Gasteiger charge is -2.07. The first-order chi connectivity index (χ1) is 6.45. The van der Waals surface area contributed by atoms with Gasteiger partial charge < -0.3 is 5.73 Å². The zero-order valence-electron chi connectivity index (χ0n) is 7.43. The van der Waals surface area contributed by atoms with E-state index in [1.54, 1.807) is 0 Å². The van der Waals surface area contributed by atoms with E-state index < -0.39 is 11.7 Å². The molecular weight excluding hydrogens is 191 g/mol. The monoisotopic (exact) mass is 201 g/mol. The Kier molecular flexibility index (Phi) is 2.96. The highest BCUT2D eigenvalue weighted by atomic mass is 19.4. The van der Waals surface area contributed by atoms with Gasteiger partial charge in [0, 0.05) is 6.54 Å². The van der Waals surface area contributed by atoms with Crippen molar-refractivity contribution < 1.29 is 13.2 Å². The number of nitrogens with two attached hydrogens (primary N) is 1. The lowest BCUT2D eigenvalue weighted by Crippen LogP contribution is -2.05. The van der Waals surface area contributed by atoms with Crippen LogP contribution in [0.3, 0.4) is 0 Å². The summed E-state index contributed by atoms with van der Waals surface area (Å²) in [6.07, 6.45) is -4.29. The summed E-state index contributed by atoms with van der Waals surface area (Å²) in [5.41, 5.74) is 5.91. The first-order valence-electron chi connectivity index (χ1n) is 4.00. The number of hydrogen-bond acceptors (Lipinski definition) is 1. The van der Waals surface area contributed by atoms with Crippen LogP contribution in [0.4, 0.5) is 13.2 Å². The molecule has 0 heterocycles. The van der Waals surface area contributed by atoms with Crippen LogP contribution in [0.25, 0.3) is 5.57 Å². The van der Waals surface area contributed by atoms with Crippen LogP contribution < -0.4 is 5.73 Å². The molecule has 1 aromatic rings. The van der Waals surface area contributed by atoms with Crippen LogP contribution in [0.1, 0.15) is 11.1 Å². The first kappa shape index (κ1) is 10.8. The standard InChI is InChI=1S/C10H10F3N/c1-7(6-14)8-2-4-9(5-3-8)10(11,12)13/h2-5H,1,6,14H2. The minimum Gasteiger partial charge on any atom is -0.326 e. The van der Waals surface area contributed by atoms with Gasteiger partial charge in [0.05, 0.1) is 5.56 Å². The average molecular weight is 201 g/mol. The second-order valence-electron chi connectivity index (χ2n) is 2.88. The van der Waals surface area contributed by atoms with Crippen LogP contribution in [0.5, 0.6) is 0 Å². The number of benzene rings is 1. The lowest BCUT2D eigenvalue weighted by atomic mass is 10.1. The Labute approximate surface area is 80.0 Å². The molecule has 0 fully saturated rings. The summed E-state index contributed by atoms with van der Waals surface area (Å²) in [6, 6.07) is 4.79. The molecule has 0 saturated carbocycles. The fourth-order valence-electron chi connectivity index (χ4n) is 1.01. The van der Waals surface area contributed by atoms with Gasteiger partial charge >= 0.3 is 6.18 Å². The van der Waals surface area contributed by atoms with Crippen LogP contribution in [-0.2, 0) is 6.18 Å². The molecule has 1 rings (SSSR count). The third kappa shape index (κ3) is 2.35. The number of hydrogen-bond donors (Lipinski definition) is 1. The molecular formula is C10H10F3N. The summed E-state index contributed by atoms with van der Waals surface area (Å²) in [4.78, 5) is 0. The van der Waals surface area contributed by atoms with Gasteiger partial charge in [0.1, 0.15) is 0 Å². The van der Waals surface area contributed by atoms with Crippen molar-refractivity contribution in [3.63, 3.8) is 0 Å². The third-order valence-electron chi connectivity index (χ3n) is 1.87. The van der Waals surface area contributed by atoms with Crippen LogP contribution in [-0.4, -0.2) is 6.54 Å². The lowest BCUT2D eigenvalue weighted by molar-refractivity contribution is -0.137. The van der Waals surface area contributed by atoms with Crippen LogP contribution >= 0.6 is 0 Å². The molecule has 0 radical (unpaired) electrons. The van der Waals surface area contributed by atoms with E-state index in [9.17, 15) is 13.2 Å².